The molecule has 2 rings (SSSR count). The minimum Gasteiger partial charge on any atom is -0.287 e. The molecule has 0 saturated heterocycles. The van der Waals surface area contributed by atoms with Crippen LogP contribution in [0.2, 0.25) is 0 Å². The third kappa shape index (κ3) is 2.77. The molecule has 0 aliphatic rings. The molecule has 2 aromatic rings. The van der Waals surface area contributed by atoms with Gasteiger partial charge in [-0.2, -0.15) is 0 Å². The second kappa shape index (κ2) is 5.37. The first-order chi connectivity index (χ1) is 7.77. The summed E-state index contributed by atoms with van der Waals surface area (Å²) in [6.07, 6.45) is 1.99. The van der Waals surface area contributed by atoms with Crippen LogP contribution >= 0.6 is 27.7 Å². The Morgan fingerprint density at radius 1 is 1.12 bits per heavy atom. The fraction of sp³-hybridized carbons (Fsp3) is 0.0833. The van der Waals surface area contributed by atoms with E-state index in [0.29, 0.717) is 0 Å². The predicted molar refractivity (Wildman–Crippen MR) is 71.0 cm³/mol. The molecule has 0 spiro atoms. The summed E-state index contributed by atoms with van der Waals surface area (Å²) in [4.78, 5) is 1.22. The van der Waals surface area contributed by atoms with Crippen LogP contribution in [0.3, 0.4) is 0 Å². The Hall–Kier alpha value is -1.00. The summed E-state index contributed by atoms with van der Waals surface area (Å²) in [7, 11) is 0. The van der Waals surface area contributed by atoms with E-state index in [1.807, 2.05) is 47.2 Å². The number of thioether (sulfide) groups is 1. The molecule has 0 atom stereocenters. The molecule has 0 bridgehead atoms. The number of pyridine rings is 1. The Bertz CT molecular complexity index is 442. The Balaban J connectivity index is 2.09. The largest absolute Gasteiger partial charge is 0.287 e. The highest BCUT2D eigenvalue weighted by Gasteiger charge is 2.04. The van der Waals surface area contributed by atoms with Gasteiger partial charge in [0.25, 0.3) is 5.82 Å². The zero-order chi connectivity index (χ0) is 11.4. The smallest absolute Gasteiger partial charge is 0.272 e. The van der Waals surface area contributed by atoms with Crippen molar-refractivity contribution in [3.63, 3.8) is 0 Å². The van der Waals surface area contributed by atoms with Crippen molar-refractivity contribution in [1.82, 2.24) is 0 Å². The molecule has 2 nitrogen and oxygen atoms in total. The van der Waals surface area contributed by atoms with Gasteiger partial charge in [0.05, 0.1) is 6.20 Å². The molecule has 2 N–H and O–H groups in total. The quantitative estimate of drug-likeness (QED) is 0.697. The van der Waals surface area contributed by atoms with Crippen LogP contribution in [0, 0.1) is 0 Å². The van der Waals surface area contributed by atoms with Gasteiger partial charge in [0.15, 0.2) is 0 Å². The molecule has 16 heavy (non-hydrogen) atoms. The Morgan fingerprint density at radius 2 is 1.88 bits per heavy atom. The highest BCUT2D eigenvalue weighted by Crippen LogP contribution is 2.26. The lowest BCUT2D eigenvalue weighted by Gasteiger charge is -2.04. The Morgan fingerprint density at radius 3 is 2.62 bits per heavy atom. The number of rotatable bonds is 3. The summed E-state index contributed by atoms with van der Waals surface area (Å²) >= 11 is 5.28. The van der Waals surface area contributed by atoms with Crippen molar-refractivity contribution in [2.24, 2.45) is 0 Å². The summed E-state index contributed by atoms with van der Waals surface area (Å²) in [5, 5.41) is 0. The number of benzene rings is 1. The SMILES string of the molecule is Nc1cccc[n+]1CSc1ccccc1Br. The van der Waals surface area contributed by atoms with Gasteiger partial charge in [-0.25, -0.2) is 4.57 Å². The van der Waals surface area contributed by atoms with Gasteiger partial charge in [0.2, 0.25) is 0 Å². The number of halogens is 1. The summed E-state index contributed by atoms with van der Waals surface area (Å²) in [6.45, 7) is 0. The fourth-order valence-electron chi connectivity index (χ4n) is 1.31. The van der Waals surface area contributed by atoms with E-state index in [4.69, 9.17) is 5.73 Å². The maximum Gasteiger partial charge on any atom is 0.272 e. The van der Waals surface area contributed by atoms with E-state index in [0.717, 1.165) is 16.2 Å². The van der Waals surface area contributed by atoms with Crippen molar-refractivity contribution in [2.75, 3.05) is 5.73 Å². The maximum atomic E-state index is 5.86. The van der Waals surface area contributed by atoms with Gasteiger partial charge in [-0.1, -0.05) is 30.0 Å². The minimum absolute atomic E-state index is 0.780. The Labute approximate surface area is 108 Å². The highest BCUT2D eigenvalue weighted by molar-refractivity contribution is 9.10. The first-order valence-corrected chi connectivity index (χ1v) is 6.66. The van der Waals surface area contributed by atoms with E-state index in [9.17, 15) is 0 Å². The topological polar surface area (TPSA) is 29.9 Å². The van der Waals surface area contributed by atoms with Crippen molar-refractivity contribution < 1.29 is 4.57 Å². The van der Waals surface area contributed by atoms with Crippen molar-refractivity contribution >= 4 is 33.5 Å². The minimum atomic E-state index is 0.780. The van der Waals surface area contributed by atoms with Crippen molar-refractivity contribution in [3.05, 3.63) is 53.1 Å². The molecule has 0 aliphatic heterocycles. The van der Waals surface area contributed by atoms with Gasteiger partial charge < -0.3 is 0 Å². The van der Waals surface area contributed by atoms with Crippen LogP contribution in [0.5, 0.6) is 0 Å². The van der Waals surface area contributed by atoms with Crippen LogP contribution in [0.25, 0.3) is 0 Å². The number of hydrogen-bond acceptors (Lipinski definition) is 2. The highest BCUT2D eigenvalue weighted by atomic mass is 79.9. The van der Waals surface area contributed by atoms with Crippen molar-refractivity contribution in [3.8, 4) is 0 Å². The average Bonchev–Trinajstić information content (AvgIpc) is 2.30. The second-order valence-corrected chi connectivity index (χ2v) is 5.14. The first kappa shape index (κ1) is 11.5. The molecule has 0 amide bonds. The molecule has 0 aliphatic carbocycles. The summed E-state index contributed by atoms with van der Waals surface area (Å²) in [6, 6.07) is 14.0. The molecule has 1 aromatic heterocycles. The van der Waals surface area contributed by atoms with E-state index >= 15 is 0 Å². The van der Waals surface area contributed by atoms with Crippen LogP contribution in [-0.2, 0) is 5.88 Å². The van der Waals surface area contributed by atoms with Gasteiger partial charge in [-0.15, -0.1) is 0 Å². The normalized spacial score (nSPS) is 10.3. The zero-order valence-electron chi connectivity index (χ0n) is 8.64. The molecule has 82 valence electrons. The zero-order valence-corrected chi connectivity index (χ0v) is 11.0. The Kier molecular flexibility index (Phi) is 3.85. The van der Waals surface area contributed by atoms with Crippen LogP contribution in [0.1, 0.15) is 0 Å². The second-order valence-electron chi connectivity index (χ2n) is 3.30. The molecule has 0 fully saturated rings. The van der Waals surface area contributed by atoms with Gasteiger partial charge in [-0.3, -0.25) is 5.73 Å². The van der Waals surface area contributed by atoms with Crippen LogP contribution in [0.15, 0.2) is 58.0 Å². The van der Waals surface area contributed by atoms with Gasteiger partial charge >= 0.3 is 0 Å². The van der Waals surface area contributed by atoms with Crippen molar-refractivity contribution in [1.29, 1.82) is 0 Å². The first-order valence-electron chi connectivity index (χ1n) is 4.88. The summed E-state index contributed by atoms with van der Waals surface area (Å²) in [5.74, 6) is 1.59. The number of anilines is 1. The lowest BCUT2D eigenvalue weighted by atomic mass is 10.4. The molecular formula is C12H12BrN2S+. The van der Waals surface area contributed by atoms with E-state index < -0.39 is 0 Å². The molecule has 0 unspecified atom stereocenters. The maximum absolute atomic E-state index is 5.86. The predicted octanol–water partition coefficient (Wildman–Crippen LogP) is 3.07. The number of nitrogens with two attached hydrogens (primary N) is 1. The monoisotopic (exact) mass is 295 g/mol. The summed E-state index contributed by atoms with van der Waals surface area (Å²) < 4.78 is 3.14. The van der Waals surface area contributed by atoms with Crippen LogP contribution in [0.4, 0.5) is 5.82 Å². The van der Waals surface area contributed by atoms with Crippen LogP contribution in [-0.4, -0.2) is 0 Å². The molecular weight excluding hydrogens is 284 g/mol. The lowest BCUT2D eigenvalue weighted by Crippen LogP contribution is -2.34. The molecule has 1 heterocycles. The van der Waals surface area contributed by atoms with E-state index in [2.05, 4.69) is 22.0 Å². The number of aromatic nitrogens is 1. The standard InChI is InChI=1S/C12H11BrN2S/c13-10-5-1-2-6-11(10)16-9-15-8-4-3-7-12(15)14/h1-8,14H,9H2/p+1. The van der Waals surface area contributed by atoms with E-state index in [-0.39, 0.29) is 0 Å². The number of nitrogen functional groups attached to an aromatic ring is 1. The van der Waals surface area contributed by atoms with Crippen LogP contribution < -0.4 is 10.3 Å². The summed E-state index contributed by atoms with van der Waals surface area (Å²) in [5.41, 5.74) is 5.86. The lowest BCUT2D eigenvalue weighted by molar-refractivity contribution is -0.661. The van der Waals surface area contributed by atoms with Gasteiger partial charge in [0, 0.05) is 15.4 Å². The van der Waals surface area contributed by atoms with Gasteiger partial charge in [0.1, 0.15) is 5.88 Å². The molecule has 0 saturated carbocycles. The van der Waals surface area contributed by atoms with E-state index in [1.165, 1.54) is 4.90 Å². The molecule has 1 aromatic carbocycles. The molecule has 4 heteroatoms. The number of hydrogen-bond donors (Lipinski definition) is 1. The number of nitrogens with zero attached hydrogens (tertiary/aromatic N) is 1. The third-order valence-electron chi connectivity index (χ3n) is 2.17. The average molecular weight is 296 g/mol. The third-order valence-corrected chi connectivity index (χ3v) is 4.20. The fourth-order valence-corrected chi connectivity index (χ4v) is 2.83. The van der Waals surface area contributed by atoms with Gasteiger partial charge in [-0.05, 0) is 34.1 Å². The van der Waals surface area contributed by atoms with E-state index in [1.54, 1.807) is 11.8 Å². The molecule has 0 radical (unpaired) electrons. The van der Waals surface area contributed by atoms with Crippen molar-refractivity contribution in [2.45, 2.75) is 10.8 Å².